The molecule has 1 unspecified atom stereocenters. The summed E-state index contributed by atoms with van der Waals surface area (Å²) in [5.74, 6) is 0. The van der Waals surface area contributed by atoms with Gasteiger partial charge in [-0.1, -0.05) is 18.5 Å². The van der Waals surface area contributed by atoms with Gasteiger partial charge in [-0.3, -0.25) is 4.68 Å². The maximum atomic E-state index is 10.1. The van der Waals surface area contributed by atoms with Gasteiger partial charge < -0.3 is 10.4 Å². The molecule has 2 N–H and O–H groups in total. The van der Waals surface area contributed by atoms with Gasteiger partial charge in [0, 0.05) is 19.1 Å². The zero-order valence-corrected chi connectivity index (χ0v) is 10.2. The molecule has 0 spiro atoms. The lowest BCUT2D eigenvalue weighted by Crippen LogP contribution is -2.25. The molecule has 90 valence electrons. The lowest BCUT2D eigenvalue weighted by atomic mass is 10.2. The Morgan fingerprint density at radius 2 is 2.44 bits per heavy atom. The van der Waals surface area contributed by atoms with Crippen molar-refractivity contribution < 1.29 is 5.11 Å². The average Bonchev–Trinajstić information content (AvgIpc) is 3.01. The number of rotatable bonds is 6. The third-order valence-corrected chi connectivity index (χ3v) is 3.05. The number of nitrogens with zero attached hydrogens (tertiary/aromatic N) is 2. The van der Waals surface area contributed by atoms with Crippen LogP contribution in [0.4, 0.5) is 0 Å². The quantitative estimate of drug-likeness (QED) is 0.800. The SMILES string of the molecule is CCCn1ncc(Cl)c1C(O)CNC1CC1. The maximum absolute atomic E-state index is 10.1. The fraction of sp³-hybridized carbons (Fsp3) is 0.727. The van der Waals surface area contributed by atoms with Crippen LogP contribution < -0.4 is 5.32 Å². The molecule has 0 bridgehead atoms. The Labute approximate surface area is 101 Å². The molecule has 16 heavy (non-hydrogen) atoms. The number of nitrogens with one attached hydrogen (secondary N) is 1. The van der Waals surface area contributed by atoms with E-state index in [0.29, 0.717) is 17.6 Å². The fourth-order valence-corrected chi connectivity index (χ4v) is 2.02. The van der Waals surface area contributed by atoms with Crippen molar-refractivity contribution in [2.24, 2.45) is 0 Å². The Balaban J connectivity index is 2.00. The van der Waals surface area contributed by atoms with E-state index in [2.05, 4.69) is 17.3 Å². The summed E-state index contributed by atoms with van der Waals surface area (Å²) in [5, 5.41) is 18.1. The highest BCUT2D eigenvalue weighted by Crippen LogP contribution is 2.24. The van der Waals surface area contributed by atoms with Crippen molar-refractivity contribution >= 4 is 11.6 Å². The zero-order chi connectivity index (χ0) is 11.5. The summed E-state index contributed by atoms with van der Waals surface area (Å²) >= 11 is 6.04. The topological polar surface area (TPSA) is 50.1 Å². The van der Waals surface area contributed by atoms with Gasteiger partial charge in [-0.05, 0) is 19.3 Å². The van der Waals surface area contributed by atoms with Gasteiger partial charge in [0.25, 0.3) is 0 Å². The molecule has 1 aromatic rings. The number of aromatic nitrogens is 2. The average molecular weight is 244 g/mol. The second kappa shape index (κ2) is 5.17. The van der Waals surface area contributed by atoms with Gasteiger partial charge >= 0.3 is 0 Å². The monoisotopic (exact) mass is 243 g/mol. The highest BCUT2D eigenvalue weighted by Gasteiger charge is 2.24. The molecule has 1 aliphatic rings. The van der Waals surface area contributed by atoms with E-state index >= 15 is 0 Å². The molecule has 1 saturated carbocycles. The summed E-state index contributed by atoms with van der Waals surface area (Å²) in [4.78, 5) is 0. The standard InChI is InChI=1S/C11H18ClN3O/c1-2-5-15-11(9(12)6-14-15)10(16)7-13-8-3-4-8/h6,8,10,13,16H,2-5,7H2,1H3. The predicted octanol–water partition coefficient (Wildman–Crippen LogP) is 1.73. The van der Waals surface area contributed by atoms with E-state index in [-0.39, 0.29) is 0 Å². The van der Waals surface area contributed by atoms with Gasteiger partial charge in [0.1, 0.15) is 6.10 Å². The Morgan fingerprint density at radius 3 is 3.06 bits per heavy atom. The first kappa shape index (κ1) is 11.9. The van der Waals surface area contributed by atoms with Gasteiger partial charge in [0.2, 0.25) is 0 Å². The second-order valence-corrected chi connectivity index (χ2v) is 4.71. The first-order chi connectivity index (χ1) is 7.72. The number of hydrogen-bond acceptors (Lipinski definition) is 3. The van der Waals surface area contributed by atoms with E-state index in [1.54, 1.807) is 10.9 Å². The van der Waals surface area contributed by atoms with Crippen LogP contribution in [0.1, 0.15) is 38.0 Å². The molecule has 1 heterocycles. The van der Waals surface area contributed by atoms with E-state index in [0.717, 1.165) is 18.7 Å². The van der Waals surface area contributed by atoms with Crippen molar-refractivity contribution in [3.8, 4) is 0 Å². The second-order valence-electron chi connectivity index (χ2n) is 4.30. The molecule has 4 nitrogen and oxygen atoms in total. The number of aryl methyl sites for hydroxylation is 1. The van der Waals surface area contributed by atoms with Crippen LogP contribution in [0.2, 0.25) is 5.02 Å². The Kier molecular flexibility index (Phi) is 3.84. The summed E-state index contributed by atoms with van der Waals surface area (Å²) in [6, 6.07) is 0.593. The van der Waals surface area contributed by atoms with E-state index in [1.807, 2.05) is 0 Å². The number of aliphatic hydroxyl groups is 1. The molecule has 0 saturated heterocycles. The van der Waals surface area contributed by atoms with Crippen LogP contribution in [-0.2, 0) is 6.54 Å². The Hall–Kier alpha value is -0.580. The van der Waals surface area contributed by atoms with Gasteiger partial charge in [-0.15, -0.1) is 0 Å². The molecule has 5 heteroatoms. The summed E-state index contributed by atoms with van der Waals surface area (Å²) in [6.07, 6.45) is 4.45. The summed E-state index contributed by atoms with van der Waals surface area (Å²) in [7, 11) is 0. The Bertz CT molecular complexity index is 349. The maximum Gasteiger partial charge on any atom is 0.110 e. The largest absolute Gasteiger partial charge is 0.385 e. The molecule has 0 aliphatic heterocycles. The van der Waals surface area contributed by atoms with Crippen molar-refractivity contribution in [3.05, 3.63) is 16.9 Å². The predicted molar refractivity (Wildman–Crippen MR) is 63.5 cm³/mol. The van der Waals surface area contributed by atoms with E-state index in [1.165, 1.54) is 12.8 Å². The molecular formula is C11H18ClN3O. The van der Waals surface area contributed by atoms with Crippen molar-refractivity contribution in [1.82, 2.24) is 15.1 Å². The summed E-state index contributed by atoms with van der Waals surface area (Å²) < 4.78 is 1.79. The molecule has 1 aromatic heterocycles. The number of aliphatic hydroxyl groups excluding tert-OH is 1. The minimum atomic E-state index is -0.567. The van der Waals surface area contributed by atoms with Gasteiger partial charge in [-0.2, -0.15) is 5.10 Å². The van der Waals surface area contributed by atoms with Crippen LogP contribution in [0.25, 0.3) is 0 Å². The van der Waals surface area contributed by atoms with Crippen molar-refractivity contribution in [2.75, 3.05) is 6.54 Å². The molecule has 1 aliphatic carbocycles. The molecule has 1 atom stereocenters. The molecule has 2 rings (SSSR count). The van der Waals surface area contributed by atoms with Crippen LogP contribution in [0.5, 0.6) is 0 Å². The third kappa shape index (κ3) is 2.75. The van der Waals surface area contributed by atoms with E-state index in [4.69, 9.17) is 11.6 Å². The minimum absolute atomic E-state index is 0.554. The first-order valence-corrected chi connectivity index (χ1v) is 6.22. The zero-order valence-electron chi connectivity index (χ0n) is 9.49. The van der Waals surface area contributed by atoms with Gasteiger partial charge in [0.05, 0.1) is 16.9 Å². The molecule has 0 radical (unpaired) electrons. The normalized spacial score (nSPS) is 17.7. The first-order valence-electron chi connectivity index (χ1n) is 5.85. The van der Waals surface area contributed by atoms with Gasteiger partial charge in [-0.25, -0.2) is 0 Å². The van der Waals surface area contributed by atoms with Crippen LogP contribution in [-0.4, -0.2) is 27.5 Å². The number of hydrogen-bond donors (Lipinski definition) is 2. The van der Waals surface area contributed by atoms with Crippen LogP contribution in [0.15, 0.2) is 6.20 Å². The highest BCUT2D eigenvalue weighted by atomic mass is 35.5. The smallest absolute Gasteiger partial charge is 0.110 e. The lowest BCUT2D eigenvalue weighted by molar-refractivity contribution is 0.163. The molecule has 0 amide bonds. The fourth-order valence-electron chi connectivity index (χ4n) is 1.76. The van der Waals surface area contributed by atoms with Gasteiger partial charge in [0.15, 0.2) is 0 Å². The Morgan fingerprint density at radius 1 is 1.69 bits per heavy atom. The molecule has 0 aromatic carbocycles. The summed E-state index contributed by atoms with van der Waals surface area (Å²) in [5.41, 5.74) is 0.733. The van der Waals surface area contributed by atoms with Crippen LogP contribution in [0, 0.1) is 0 Å². The number of halogens is 1. The van der Waals surface area contributed by atoms with E-state index < -0.39 is 6.10 Å². The lowest BCUT2D eigenvalue weighted by Gasteiger charge is -2.14. The van der Waals surface area contributed by atoms with Crippen molar-refractivity contribution in [1.29, 1.82) is 0 Å². The van der Waals surface area contributed by atoms with E-state index in [9.17, 15) is 5.11 Å². The van der Waals surface area contributed by atoms with Crippen LogP contribution in [0.3, 0.4) is 0 Å². The third-order valence-electron chi connectivity index (χ3n) is 2.76. The van der Waals surface area contributed by atoms with Crippen LogP contribution >= 0.6 is 11.6 Å². The molecule has 1 fully saturated rings. The minimum Gasteiger partial charge on any atom is -0.385 e. The summed E-state index contributed by atoms with van der Waals surface area (Å²) in [6.45, 7) is 3.43. The highest BCUT2D eigenvalue weighted by molar-refractivity contribution is 6.31. The van der Waals surface area contributed by atoms with Crippen molar-refractivity contribution in [2.45, 2.75) is 44.9 Å². The van der Waals surface area contributed by atoms with Crippen molar-refractivity contribution in [3.63, 3.8) is 0 Å². The molecular weight excluding hydrogens is 226 g/mol.